The second kappa shape index (κ2) is 8.43. The summed E-state index contributed by atoms with van der Waals surface area (Å²) in [6.07, 6.45) is 1.67. The van der Waals surface area contributed by atoms with Crippen molar-refractivity contribution >= 4 is 46.0 Å². The van der Waals surface area contributed by atoms with Gasteiger partial charge >= 0.3 is 0 Å². The Bertz CT molecular complexity index is 1020. The maximum atomic E-state index is 12.5. The van der Waals surface area contributed by atoms with Gasteiger partial charge in [0.25, 0.3) is 5.91 Å². The molecule has 1 fully saturated rings. The van der Waals surface area contributed by atoms with Crippen LogP contribution < -0.4 is 5.32 Å². The van der Waals surface area contributed by atoms with Gasteiger partial charge in [0.15, 0.2) is 0 Å². The first-order valence-electron chi connectivity index (χ1n) is 9.47. The van der Waals surface area contributed by atoms with Crippen LogP contribution in [0.4, 0.5) is 0 Å². The number of para-hydroxylation sites is 2. The minimum atomic E-state index is -0.392. The van der Waals surface area contributed by atoms with Crippen LogP contribution in [0, 0.1) is 0 Å². The number of hydrogen-bond donors (Lipinski definition) is 2. The molecule has 6 nitrogen and oxygen atoms in total. The van der Waals surface area contributed by atoms with Crippen LogP contribution in [-0.2, 0) is 4.79 Å². The summed E-state index contributed by atoms with van der Waals surface area (Å²) in [6.45, 7) is 1.21. The van der Waals surface area contributed by atoms with Gasteiger partial charge in [-0.2, -0.15) is 0 Å². The van der Waals surface area contributed by atoms with Crippen molar-refractivity contribution in [3.63, 3.8) is 0 Å². The Labute approximate surface area is 178 Å². The van der Waals surface area contributed by atoms with Crippen molar-refractivity contribution in [2.45, 2.75) is 18.8 Å². The lowest BCUT2D eigenvalue weighted by atomic mass is 9.96. The van der Waals surface area contributed by atoms with Crippen molar-refractivity contribution in [2.24, 2.45) is 0 Å². The first-order valence-corrected chi connectivity index (χ1v) is 10.2. The second-order valence-corrected chi connectivity index (χ2v) is 7.94. The predicted molar refractivity (Wildman–Crippen MR) is 113 cm³/mol. The predicted octanol–water partition coefficient (Wildman–Crippen LogP) is 4.01. The van der Waals surface area contributed by atoms with E-state index in [1.807, 2.05) is 24.3 Å². The monoisotopic (exact) mass is 430 g/mol. The number of hydrogen-bond acceptors (Lipinski definition) is 3. The molecule has 0 radical (unpaired) electrons. The lowest BCUT2D eigenvalue weighted by Gasteiger charge is -2.31. The number of rotatable bonds is 4. The van der Waals surface area contributed by atoms with Crippen LogP contribution in [0.15, 0.2) is 42.5 Å². The van der Waals surface area contributed by atoms with Crippen molar-refractivity contribution in [3.8, 4) is 0 Å². The Hall–Kier alpha value is -2.57. The van der Waals surface area contributed by atoms with Gasteiger partial charge in [-0.15, -0.1) is 0 Å². The van der Waals surface area contributed by atoms with E-state index in [1.54, 1.807) is 17.0 Å². The van der Waals surface area contributed by atoms with E-state index in [1.165, 1.54) is 6.07 Å². The lowest BCUT2D eigenvalue weighted by Crippen LogP contribution is -2.43. The van der Waals surface area contributed by atoms with Crippen molar-refractivity contribution < 1.29 is 9.59 Å². The standard InChI is InChI=1S/C21H20Cl2N4O2/c22-14-5-6-15(16(23)11-14)21(29)24-12-19(28)27-9-7-13(8-10-27)20-25-17-3-1-2-4-18(17)26-20/h1-6,11,13H,7-10,12H2,(H,24,29)(H,25,26). The summed E-state index contributed by atoms with van der Waals surface area (Å²) >= 11 is 11.9. The Kier molecular flexibility index (Phi) is 5.74. The maximum Gasteiger partial charge on any atom is 0.253 e. The van der Waals surface area contributed by atoms with Crippen LogP contribution in [-0.4, -0.2) is 46.3 Å². The van der Waals surface area contributed by atoms with Crippen molar-refractivity contribution in [2.75, 3.05) is 19.6 Å². The number of imidazole rings is 1. The molecule has 0 spiro atoms. The molecule has 1 aromatic heterocycles. The number of halogens is 2. The fourth-order valence-electron chi connectivity index (χ4n) is 3.60. The van der Waals surface area contributed by atoms with Crippen LogP contribution in [0.25, 0.3) is 11.0 Å². The number of aromatic nitrogens is 2. The molecule has 2 heterocycles. The van der Waals surface area contributed by atoms with E-state index in [9.17, 15) is 9.59 Å². The summed E-state index contributed by atoms with van der Waals surface area (Å²) in [6, 6.07) is 12.6. The van der Waals surface area contributed by atoms with Crippen molar-refractivity contribution in [3.05, 3.63) is 63.9 Å². The highest BCUT2D eigenvalue weighted by Crippen LogP contribution is 2.27. The summed E-state index contributed by atoms with van der Waals surface area (Å²) in [5.74, 6) is 0.779. The van der Waals surface area contributed by atoms with E-state index in [2.05, 4.69) is 15.3 Å². The molecule has 0 saturated carbocycles. The van der Waals surface area contributed by atoms with E-state index in [0.29, 0.717) is 29.6 Å². The van der Waals surface area contributed by atoms with Gasteiger partial charge in [-0.25, -0.2) is 4.98 Å². The summed E-state index contributed by atoms with van der Waals surface area (Å²) in [5.41, 5.74) is 2.29. The SMILES string of the molecule is O=C(NCC(=O)N1CCC(c2nc3ccccc3[nH]2)CC1)c1ccc(Cl)cc1Cl. The average molecular weight is 431 g/mol. The summed E-state index contributed by atoms with van der Waals surface area (Å²) in [4.78, 5) is 34.6. The highest BCUT2D eigenvalue weighted by Gasteiger charge is 2.26. The third kappa shape index (κ3) is 4.38. The van der Waals surface area contributed by atoms with Gasteiger partial charge < -0.3 is 15.2 Å². The number of carbonyl (C=O) groups is 2. The quantitative estimate of drug-likeness (QED) is 0.656. The molecule has 4 rings (SSSR count). The topological polar surface area (TPSA) is 78.1 Å². The number of fused-ring (bicyclic) bond motifs is 1. The number of nitrogens with one attached hydrogen (secondary N) is 2. The van der Waals surface area contributed by atoms with Crippen molar-refractivity contribution in [1.29, 1.82) is 0 Å². The smallest absolute Gasteiger partial charge is 0.253 e. The minimum absolute atomic E-state index is 0.0624. The number of likely N-dealkylation sites (tertiary alicyclic amines) is 1. The third-order valence-corrected chi connectivity index (χ3v) is 5.77. The van der Waals surface area contributed by atoms with Crippen LogP contribution in [0.2, 0.25) is 10.0 Å². The molecule has 3 aromatic rings. The molecule has 0 atom stereocenters. The van der Waals surface area contributed by atoms with E-state index in [4.69, 9.17) is 23.2 Å². The average Bonchev–Trinajstić information content (AvgIpc) is 3.16. The molecule has 0 bridgehead atoms. The van der Waals surface area contributed by atoms with Gasteiger partial charge in [-0.05, 0) is 43.2 Å². The normalized spacial score (nSPS) is 14.9. The zero-order valence-corrected chi connectivity index (χ0v) is 17.1. The molecule has 1 saturated heterocycles. The zero-order chi connectivity index (χ0) is 20.4. The molecule has 8 heteroatoms. The number of benzene rings is 2. The Morgan fingerprint density at radius 2 is 1.90 bits per heavy atom. The number of amides is 2. The van der Waals surface area contributed by atoms with E-state index in [0.717, 1.165) is 29.7 Å². The highest BCUT2D eigenvalue weighted by atomic mass is 35.5. The number of H-pyrrole nitrogens is 1. The molecule has 2 N–H and O–H groups in total. The Morgan fingerprint density at radius 1 is 1.14 bits per heavy atom. The van der Waals surface area contributed by atoms with E-state index in [-0.39, 0.29) is 17.5 Å². The van der Waals surface area contributed by atoms with E-state index < -0.39 is 5.91 Å². The highest BCUT2D eigenvalue weighted by molar-refractivity contribution is 6.36. The maximum absolute atomic E-state index is 12.5. The molecule has 0 aliphatic carbocycles. The van der Waals surface area contributed by atoms with Crippen LogP contribution in [0.3, 0.4) is 0 Å². The molecule has 1 aliphatic heterocycles. The van der Waals surface area contributed by atoms with Crippen LogP contribution in [0.5, 0.6) is 0 Å². The molecule has 2 aromatic carbocycles. The summed E-state index contributed by atoms with van der Waals surface area (Å²) < 4.78 is 0. The molecular formula is C21H20Cl2N4O2. The molecule has 29 heavy (non-hydrogen) atoms. The van der Waals surface area contributed by atoms with Gasteiger partial charge in [0.1, 0.15) is 5.82 Å². The number of nitrogens with zero attached hydrogens (tertiary/aromatic N) is 2. The minimum Gasteiger partial charge on any atom is -0.343 e. The first kappa shape index (κ1) is 19.7. The fourth-order valence-corrected chi connectivity index (χ4v) is 4.10. The molecule has 1 aliphatic rings. The van der Waals surface area contributed by atoms with Gasteiger partial charge in [0.2, 0.25) is 5.91 Å². The first-order chi connectivity index (χ1) is 14.0. The number of carbonyl (C=O) groups excluding carboxylic acids is 2. The van der Waals surface area contributed by atoms with Gasteiger partial charge in [-0.3, -0.25) is 9.59 Å². The number of aromatic amines is 1. The van der Waals surface area contributed by atoms with Gasteiger partial charge in [0.05, 0.1) is 28.2 Å². The summed E-state index contributed by atoms with van der Waals surface area (Å²) in [7, 11) is 0. The molecule has 0 unspecified atom stereocenters. The van der Waals surface area contributed by atoms with Crippen LogP contribution >= 0.6 is 23.2 Å². The summed E-state index contributed by atoms with van der Waals surface area (Å²) in [5, 5.41) is 3.35. The third-order valence-electron chi connectivity index (χ3n) is 5.22. The lowest BCUT2D eigenvalue weighted by molar-refractivity contribution is -0.131. The van der Waals surface area contributed by atoms with Crippen LogP contribution in [0.1, 0.15) is 34.9 Å². The van der Waals surface area contributed by atoms with Crippen molar-refractivity contribution in [1.82, 2.24) is 20.2 Å². The molecular weight excluding hydrogens is 411 g/mol. The molecule has 2 amide bonds. The zero-order valence-electron chi connectivity index (χ0n) is 15.6. The second-order valence-electron chi connectivity index (χ2n) is 7.10. The largest absolute Gasteiger partial charge is 0.343 e. The fraction of sp³-hybridized carbons (Fsp3) is 0.286. The van der Waals surface area contributed by atoms with Gasteiger partial charge in [0, 0.05) is 24.0 Å². The number of piperidine rings is 1. The Balaban J connectivity index is 1.30. The molecule has 150 valence electrons. The Morgan fingerprint density at radius 3 is 2.62 bits per heavy atom. The van der Waals surface area contributed by atoms with E-state index >= 15 is 0 Å². The van der Waals surface area contributed by atoms with Gasteiger partial charge in [-0.1, -0.05) is 35.3 Å².